The van der Waals surface area contributed by atoms with E-state index in [4.69, 9.17) is 17.3 Å². The zero-order valence-electron chi connectivity index (χ0n) is 9.70. The van der Waals surface area contributed by atoms with Crippen molar-refractivity contribution in [2.75, 3.05) is 11.1 Å². The summed E-state index contributed by atoms with van der Waals surface area (Å²) >= 11 is 7.58. The second-order valence-electron chi connectivity index (χ2n) is 3.92. The van der Waals surface area contributed by atoms with Crippen LogP contribution in [0.5, 0.6) is 0 Å². The molecule has 1 atom stereocenters. The van der Waals surface area contributed by atoms with E-state index in [9.17, 15) is 0 Å². The molecule has 0 fully saturated rings. The fourth-order valence-electron chi connectivity index (χ4n) is 1.52. The van der Waals surface area contributed by atoms with E-state index in [1.807, 2.05) is 18.4 Å². The Balaban J connectivity index is 2.18. The zero-order chi connectivity index (χ0) is 12.4. The number of anilines is 2. The van der Waals surface area contributed by atoms with Crippen LogP contribution in [0.2, 0.25) is 5.02 Å². The quantitative estimate of drug-likeness (QED) is 0.831. The van der Waals surface area contributed by atoms with Crippen molar-refractivity contribution in [1.29, 1.82) is 0 Å². The molecule has 0 aliphatic rings. The molecule has 0 aliphatic heterocycles. The fraction of sp³-hybridized carbons (Fsp3) is 0.250. The SMILES string of the molecule is Cc1csc(C(C)Nc2cc(Cl)ccc2N)n1. The Bertz CT molecular complexity index is 524. The minimum Gasteiger partial charge on any atom is -0.397 e. The van der Waals surface area contributed by atoms with Gasteiger partial charge in [0, 0.05) is 16.1 Å². The first-order chi connectivity index (χ1) is 8.06. The molecule has 17 heavy (non-hydrogen) atoms. The maximum absolute atomic E-state index is 5.94. The number of hydrogen-bond donors (Lipinski definition) is 2. The van der Waals surface area contributed by atoms with Crippen LogP contribution in [0.3, 0.4) is 0 Å². The second kappa shape index (κ2) is 4.94. The highest BCUT2D eigenvalue weighted by atomic mass is 35.5. The smallest absolute Gasteiger partial charge is 0.115 e. The molecule has 1 aromatic heterocycles. The first-order valence-electron chi connectivity index (χ1n) is 5.30. The van der Waals surface area contributed by atoms with E-state index in [0.29, 0.717) is 10.7 Å². The van der Waals surface area contributed by atoms with E-state index in [-0.39, 0.29) is 6.04 Å². The highest BCUT2D eigenvalue weighted by Gasteiger charge is 2.10. The predicted molar refractivity (Wildman–Crippen MR) is 74.8 cm³/mol. The Morgan fingerprint density at radius 2 is 2.24 bits per heavy atom. The van der Waals surface area contributed by atoms with Gasteiger partial charge in [0.15, 0.2) is 0 Å². The lowest BCUT2D eigenvalue weighted by atomic mass is 10.2. The molecule has 1 aromatic carbocycles. The number of nitrogen functional groups attached to an aromatic ring is 1. The Kier molecular flexibility index (Phi) is 3.54. The number of nitrogens with two attached hydrogens (primary N) is 1. The normalized spacial score (nSPS) is 12.4. The molecule has 0 saturated heterocycles. The second-order valence-corrected chi connectivity index (χ2v) is 5.25. The Morgan fingerprint density at radius 1 is 1.47 bits per heavy atom. The van der Waals surface area contributed by atoms with Gasteiger partial charge in [-0.25, -0.2) is 4.98 Å². The summed E-state index contributed by atoms with van der Waals surface area (Å²) in [7, 11) is 0. The van der Waals surface area contributed by atoms with Crippen molar-refractivity contribution in [2.24, 2.45) is 0 Å². The Morgan fingerprint density at radius 3 is 2.88 bits per heavy atom. The van der Waals surface area contributed by atoms with Crippen LogP contribution >= 0.6 is 22.9 Å². The van der Waals surface area contributed by atoms with Gasteiger partial charge >= 0.3 is 0 Å². The molecule has 0 amide bonds. The van der Waals surface area contributed by atoms with Crippen LogP contribution in [0.4, 0.5) is 11.4 Å². The van der Waals surface area contributed by atoms with Crippen LogP contribution in [0.25, 0.3) is 0 Å². The van der Waals surface area contributed by atoms with E-state index in [0.717, 1.165) is 16.4 Å². The van der Waals surface area contributed by atoms with Gasteiger partial charge in [-0.3, -0.25) is 0 Å². The average Bonchev–Trinajstić information content (AvgIpc) is 2.70. The Hall–Kier alpha value is -1.26. The summed E-state index contributed by atoms with van der Waals surface area (Å²) in [6.07, 6.45) is 0. The number of hydrogen-bond acceptors (Lipinski definition) is 4. The molecule has 1 unspecified atom stereocenters. The summed E-state index contributed by atoms with van der Waals surface area (Å²) < 4.78 is 0. The predicted octanol–water partition coefficient (Wildman–Crippen LogP) is 3.86. The summed E-state index contributed by atoms with van der Waals surface area (Å²) in [6, 6.07) is 5.52. The van der Waals surface area contributed by atoms with Gasteiger partial charge in [0.1, 0.15) is 5.01 Å². The van der Waals surface area contributed by atoms with Gasteiger partial charge in [-0.2, -0.15) is 0 Å². The highest BCUT2D eigenvalue weighted by molar-refractivity contribution is 7.09. The van der Waals surface area contributed by atoms with Crippen LogP contribution in [0, 0.1) is 6.92 Å². The third-order valence-electron chi connectivity index (χ3n) is 2.39. The molecule has 0 bridgehead atoms. The molecule has 5 heteroatoms. The molecule has 0 radical (unpaired) electrons. The van der Waals surface area contributed by atoms with Crippen LogP contribution in [0.15, 0.2) is 23.6 Å². The maximum Gasteiger partial charge on any atom is 0.115 e. The zero-order valence-corrected chi connectivity index (χ0v) is 11.3. The number of rotatable bonds is 3. The fourth-order valence-corrected chi connectivity index (χ4v) is 2.50. The number of nitrogens with zero attached hydrogens (tertiary/aromatic N) is 1. The number of thiazole rings is 1. The molecule has 2 rings (SSSR count). The largest absolute Gasteiger partial charge is 0.397 e. The number of halogens is 1. The van der Waals surface area contributed by atoms with Crippen LogP contribution in [-0.4, -0.2) is 4.98 Å². The van der Waals surface area contributed by atoms with Gasteiger partial charge < -0.3 is 11.1 Å². The molecule has 1 heterocycles. The monoisotopic (exact) mass is 267 g/mol. The van der Waals surface area contributed by atoms with E-state index in [1.54, 1.807) is 23.5 Å². The lowest BCUT2D eigenvalue weighted by Crippen LogP contribution is -2.08. The van der Waals surface area contributed by atoms with E-state index < -0.39 is 0 Å². The van der Waals surface area contributed by atoms with Crippen molar-refractivity contribution in [3.63, 3.8) is 0 Å². The molecule has 3 N–H and O–H groups in total. The van der Waals surface area contributed by atoms with Crippen molar-refractivity contribution >= 4 is 34.3 Å². The third kappa shape index (κ3) is 2.90. The van der Waals surface area contributed by atoms with Gasteiger partial charge in [0.05, 0.1) is 17.4 Å². The Labute approximate surface area is 110 Å². The molecule has 3 nitrogen and oxygen atoms in total. The molecule has 2 aromatic rings. The molecule has 0 aliphatic carbocycles. The van der Waals surface area contributed by atoms with Crippen LogP contribution in [-0.2, 0) is 0 Å². The van der Waals surface area contributed by atoms with E-state index in [1.165, 1.54) is 0 Å². The van der Waals surface area contributed by atoms with Gasteiger partial charge in [-0.15, -0.1) is 11.3 Å². The number of aromatic nitrogens is 1. The minimum absolute atomic E-state index is 0.120. The molecule has 0 saturated carbocycles. The molecule has 0 spiro atoms. The first kappa shape index (κ1) is 12.2. The third-order valence-corrected chi connectivity index (χ3v) is 3.77. The number of benzene rings is 1. The molecular formula is C12H14ClN3S. The van der Waals surface area contributed by atoms with Crippen molar-refractivity contribution in [2.45, 2.75) is 19.9 Å². The standard InChI is InChI=1S/C12H14ClN3S/c1-7-6-17-12(15-7)8(2)16-11-5-9(13)3-4-10(11)14/h3-6,8,16H,14H2,1-2H3. The summed E-state index contributed by atoms with van der Waals surface area (Å²) in [5, 5.41) is 7.07. The van der Waals surface area contributed by atoms with E-state index in [2.05, 4.69) is 17.2 Å². The maximum atomic E-state index is 5.94. The summed E-state index contributed by atoms with van der Waals surface area (Å²) in [6.45, 7) is 4.04. The highest BCUT2D eigenvalue weighted by Crippen LogP contribution is 2.28. The van der Waals surface area contributed by atoms with Gasteiger partial charge in [-0.05, 0) is 32.0 Å². The minimum atomic E-state index is 0.120. The van der Waals surface area contributed by atoms with Crippen molar-refractivity contribution in [3.8, 4) is 0 Å². The van der Waals surface area contributed by atoms with Crippen LogP contribution < -0.4 is 11.1 Å². The first-order valence-corrected chi connectivity index (χ1v) is 6.55. The lowest BCUT2D eigenvalue weighted by Gasteiger charge is -2.14. The molecule has 90 valence electrons. The summed E-state index contributed by atoms with van der Waals surface area (Å²) in [5.41, 5.74) is 8.46. The van der Waals surface area contributed by atoms with Crippen molar-refractivity contribution in [1.82, 2.24) is 4.98 Å². The summed E-state index contributed by atoms with van der Waals surface area (Å²) in [5.74, 6) is 0. The van der Waals surface area contributed by atoms with Gasteiger partial charge in [-0.1, -0.05) is 11.6 Å². The van der Waals surface area contributed by atoms with Gasteiger partial charge in [0.2, 0.25) is 0 Å². The average molecular weight is 268 g/mol. The summed E-state index contributed by atoms with van der Waals surface area (Å²) in [4.78, 5) is 4.44. The molecular weight excluding hydrogens is 254 g/mol. The van der Waals surface area contributed by atoms with E-state index >= 15 is 0 Å². The van der Waals surface area contributed by atoms with Crippen molar-refractivity contribution < 1.29 is 0 Å². The topological polar surface area (TPSA) is 50.9 Å². The number of aryl methyl sites for hydroxylation is 1. The van der Waals surface area contributed by atoms with Gasteiger partial charge in [0.25, 0.3) is 0 Å². The number of nitrogens with one attached hydrogen (secondary N) is 1. The van der Waals surface area contributed by atoms with Crippen molar-refractivity contribution in [3.05, 3.63) is 39.3 Å². The lowest BCUT2D eigenvalue weighted by molar-refractivity contribution is 0.864. The van der Waals surface area contributed by atoms with Crippen LogP contribution in [0.1, 0.15) is 23.7 Å².